The van der Waals surface area contributed by atoms with Crippen molar-refractivity contribution >= 4 is 21.0 Å². The second kappa shape index (κ2) is 7.88. The van der Waals surface area contributed by atoms with Gasteiger partial charge in [-0.05, 0) is 55.7 Å². The van der Waals surface area contributed by atoms with E-state index in [1.54, 1.807) is 32.0 Å². The predicted octanol–water partition coefficient (Wildman–Crippen LogP) is 4.43. The first-order chi connectivity index (χ1) is 13.9. The molecular weight excluding hydrogens is 419 g/mol. The highest BCUT2D eigenvalue weighted by atomic mass is 32.2. The van der Waals surface area contributed by atoms with Crippen LogP contribution < -0.4 is 5.63 Å². The Morgan fingerprint density at radius 2 is 1.60 bits per heavy atom. The van der Waals surface area contributed by atoms with E-state index in [-0.39, 0.29) is 28.3 Å². The summed E-state index contributed by atoms with van der Waals surface area (Å²) < 4.78 is 71.1. The third-order valence-electron chi connectivity index (χ3n) is 4.85. The predicted molar refractivity (Wildman–Crippen MR) is 107 cm³/mol. The Bertz CT molecular complexity index is 1230. The van der Waals surface area contributed by atoms with Crippen molar-refractivity contribution in [3.8, 4) is 0 Å². The van der Waals surface area contributed by atoms with Crippen molar-refractivity contribution in [3.05, 3.63) is 75.6 Å². The van der Waals surface area contributed by atoms with Crippen LogP contribution in [0.2, 0.25) is 0 Å². The Kier molecular flexibility index (Phi) is 5.79. The number of fused-ring (bicyclic) bond motifs is 1. The highest BCUT2D eigenvalue weighted by Gasteiger charge is 2.34. The van der Waals surface area contributed by atoms with Gasteiger partial charge in [-0.1, -0.05) is 18.2 Å². The molecule has 0 fully saturated rings. The minimum absolute atomic E-state index is 0.141. The minimum atomic E-state index is -4.69. The summed E-state index contributed by atoms with van der Waals surface area (Å²) in [5, 5.41) is -0.197. The van der Waals surface area contributed by atoms with Crippen LogP contribution in [0, 0.1) is 0 Å². The van der Waals surface area contributed by atoms with E-state index in [1.807, 2.05) is 0 Å². The maximum atomic E-state index is 13.3. The van der Waals surface area contributed by atoms with Gasteiger partial charge < -0.3 is 4.42 Å². The molecule has 0 radical (unpaired) electrons. The smallest absolute Gasteiger partial charge is 0.417 e. The normalized spacial score (nSPS) is 12.8. The summed E-state index contributed by atoms with van der Waals surface area (Å²) in [5.41, 5.74) is -0.959. The molecule has 1 heterocycles. The summed E-state index contributed by atoms with van der Waals surface area (Å²) in [6, 6.07) is 10.7. The molecule has 0 saturated carbocycles. The molecule has 0 atom stereocenters. The average Bonchev–Trinajstić information content (AvgIpc) is 2.66. The van der Waals surface area contributed by atoms with Crippen molar-refractivity contribution in [3.63, 3.8) is 0 Å². The summed E-state index contributed by atoms with van der Waals surface area (Å²) in [4.78, 5) is 11.6. The van der Waals surface area contributed by atoms with E-state index in [4.69, 9.17) is 4.42 Å². The van der Waals surface area contributed by atoms with E-state index in [2.05, 4.69) is 0 Å². The molecule has 9 heteroatoms. The zero-order valence-electron chi connectivity index (χ0n) is 16.5. The zero-order valence-corrected chi connectivity index (χ0v) is 17.3. The number of benzene rings is 2. The van der Waals surface area contributed by atoms with Crippen LogP contribution in [0.1, 0.15) is 30.5 Å². The lowest BCUT2D eigenvalue weighted by Gasteiger charge is -2.21. The topological polar surface area (TPSA) is 67.6 Å². The first-order valence-corrected chi connectivity index (χ1v) is 10.5. The molecule has 0 amide bonds. The van der Waals surface area contributed by atoms with E-state index < -0.39 is 27.4 Å². The molecule has 3 aromatic rings. The van der Waals surface area contributed by atoms with Gasteiger partial charge >= 0.3 is 11.8 Å². The van der Waals surface area contributed by atoms with E-state index in [1.165, 1.54) is 35.6 Å². The second-order valence-electron chi connectivity index (χ2n) is 7.24. The van der Waals surface area contributed by atoms with Crippen molar-refractivity contribution in [2.24, 2.45) is 0 Å². The molecule has 0 aliphatic rings. The van der Waals surface area contributed by atoms with Crippen LogP contribution in [0.4, 0.5) is 13.2 Å². The van der Waals surface area contributed by atoms with Crippen LogP contribution in [0.5, 0.6) is 0 Å². The van der Waals surface area contributed by atoms with Crippen LogP contribution in [0.15, 0.2) is 62.6 Å². The molecule has 0 N–H and O–H groups in total. The second-order valence-corrected chi connectivity index (χ2v) is 9.24. The monoisotopic (exact) mass is 439 g/mol. The first kappa shape index (κ1) is 22.0. The maximum Gasteiger partial charge on any atom is 0.417 e. The SMILES string of the molecule is CC(C)N(C)S(=O)(=O)c1ccc(Cc2ccc3oc(=O)cc(C(F)(F)F)c3c2)cc1. The van der Waals surface area contributed by atoms with Gasteiger partial charge in [0.2, 0.25) is 10.0 Å². The number of halogens is 3. The molecular formula is C21H20F3NO4S. The molecule has 0 unspecified atom stereocenters. The fourth-order valence-electron chi connectivity index (χ4n) is 3.01. The summed E-state index contributed by atoms with van der Waals surface area (Å²) in [7, 11) is -2.12. The van der Waals surface area contributed by atoms with Crippen molar-refractivity contribution < 1.29 is 26.0 Å². The molecule has 1 aromatic heterocycles. The molecule has 0 bridgehead atoms. The highest BCUT2D eigenvalue weighted by molar-refractivity contribution is 7.89. The van der Waals surface area contributed by atoms with Crippen LogP contribution in [-0.2, 0) is 22.6 Å². The van der Waals surface area contributed by atoms with Crippen molar-refractivity contribution in [2.45, 2.75) is 37.4 Å². The Morgan fingerprint density at radius 1 is 1.00 bits per heavy atom. The van der Waals surface area contributed by atoms with Crippen molar-refractivity contribution in [2.75, 3.05) is 7.05 Å². The van der Waals surface area contributed by atoms with Gasteiger partial charge in [0.1, 0.15) is 5.58 Å². The Balaban J connectivity index is 1.94. The van der Waals surface area contributed by atoms with Crippen molar-refractivity contribution in [1.82, 2.24) is 4.31 Å². The fraction of sp³-hybridized carbons (Fsp3) is 0.286. The Morgan fingerprint density at radius 3 is 2.17 bits per heavy atom. The standard InChI is InChI=1S/C21H20F3NO4S/c1-13(2)25(3)30(27,28)16-7-4-14(5-8-16)10-15-6-9-19-17(11-15)18(21(22,23)24)12-20(26)29-19/h4-9,11-13H,10H2,1-3H3. The molecule has 160 valence electrons. The van der Waals surface area contributed by atoms with E-state index in [9.17, 15) is 26.4 Å². The summed E-state index contributed by atoms with van der Waals surface area (Å²) >= 11 is 0. The Hall–Kier alpha value is -2.65. The Labute approximate surface area is 171 Å². The third kappa shape index (κ3) is 4.41. The lowest BCUT2D eigenvalue weighted by atomic mass is 10.0. The molecule has 5 nitrogen and oxygen atoms in total. The van der Waals surface area contributed by atoms with Gasteiger partial charge in [-0.3, -0.25) is 0 Å². The lowest BCUT2D eigenvalue weighted by molar-refractivity contribution is -0.136. The molecule has 0 aliphatic heterocycles. The summed E-state index contributed by atoms with van der Waals surface area (Å²) in [6.07, 6.45) is -4.40. The van der Waals surface area contributed by atoms with E-state index in [0.717, 1.165) is 5.56 Å². The fourth-order valence-corrected chi connectivity index (χ4v) is 4.38. The summed E-state index contributed by atoms with van der Waals surface area (Å²) in [5.74, 6) is 0. The average molecular weight is 439 g/mol. The zero-order chi connectivity index (χ0) is 22.3. The number of nitrogens with zero attached hydrogens (tertiary/aromatic N) is 1. The van der Waals surface area contributed by atoms with Gasteiger partial charge in [0.05, 0.1) is 10.5 Å². The lowest BCUT2D eigenvalue weighted by Crippen LogP contribution is -2.33. The molecule has 30 heavy (non-hydrogen) atoms. The van der Waals surface area contributed by atoms with E-state index in [0.29, 0.717) is 11.6 Å². The number of rotatable bonds is 5. The van der Waals surface area contributed by atoms with E-state index >= 15 is 0 Å². The molecule has 2 aromatic carbocycles. The van der Waals surface area contributed by atoms with Crippen LogP contribution in [0.25, 0.3) is 11.0 Å². The van der Waals surface area contributed by atoms with Gasteiger partial charge in [-0.2, -0.15) is 17.5 Å². The highest BCUT2D eigenvalue weighted by Crippen LogP contribution is 2.34. The van der Waals surface area contributed by atoms with Gasteiger partial charge in [0.15, 0.2) is 0 Å². The van der Waals surface area contributed by atoms with Gasteiger partial charge in [-0.15, -0.1) is 0 Å². The third-order valence-corrected chi connectivity index (χ3v) is 6.90. The maximum absolute atomic E-state index is 13.3. The van der Waals surface area contributed by atoms with Gasteiger partial charge in [0.25, 0.3) is 0 Å². The number of sulfonamides is 1. The molecule has 0 aliphatic carbocycles. The number of hydrogen-bond donors (Lipinski definition) is 0. The molecule has 0 spiro atoms. The molecule has 0 saturated heterocycles. The summed E-state index contributed by atoms with van der Waals surface area (Å²) in [6.45, 7) is 3.53. The number of alkyl halides is 3. The van der Waals surface area contributed by atoms with Crippen molar-refractivity contribution in [1.29, 1.82) is 0 Å². The quantitative estimate of drug-likeness (QED) is 0.552. The van der Waals surface area contributed by atoms with Gasteiger partial charge in [-0.25, -0.2) is 13.2 Å². The van der Waals surface area contributed by atoms with Gasteiger partial charge in [0, 0.05) is 24.5 Å². The van der Waals surface area contributed by atoms with Crippen LogP contribution in [-0.4, -0.2) is 25.8 Å². The van der Waals surface area contributed by atoms with Crippen LogP contribution in [0.3, 0.4) is 0 Å². The number of hydrogen-bond acceptors (Lipinski definition) is 4. The molecule has 3 rings (SSSR count). The van der Waals surface area contributed by atoms with Crippen LogP contribution >= 0.6 is 0 Å². The largest absolute Gasteiger partial charge is 0.423 e. The first-order valence-electron chi connectivity index (χ1n) is 9.10. The minimum Gasteiger partial charge on any atom is -0.423 e.